The summed E-state index contributed by atoms with van der Waals surface area (Å²) in [7, 11) is 1.84. The average Bonchev–Trinajstić information content (AvgIpc) is 2.45. The Balaban J connectivity index is 2.42. The van der Waals surface area contributed by atoms with Crippen LogP contribution in [-0.2, 0) is 0 Å². The number of nitrogens with zero attached hydrogens (tertiary/aromatic N) is 1. The standard InChI is InChI=1S/C11H14N2O/c1-13-10(6-7-12)8-4-2-3-5-9(8)11(13)14/h2-5,10H,6-7,12H2,1H3. The fourth-order valence-electron chi connectivity index (χ4n) is 2.03. The van der Waals surface area contributed by atoms with Gasteiger partial charge in [0, 0.05) is 12.6 Å². The first-order valence-corrected chi connectivity index (χ1v) is 4.82. The van der Waals surface area contributed by atoms with E-state index in [-0.39, 0.29) is 11.9 Å². The molecule has 0 spiro atoms. The predicted molar refractivity (Wildman–Crippen MR) is 54.9 cm³/mol. The summed E-state index contributed by atoms with van der Waals surface area (Å²) in [6.45, 7) is 0.608. The van der Waals surface area contributed by atoms with E-state index in [0.29, 0.717) is 6.54 Å². The number of carbonyl (C=O) groups is 1. The van der Waals surface area contributed by atoms with E-state index in [1.165, 1.54) is 0 Å². The van der Waals surface area contributed by atoms with Crippen LogP contribution in [0.3, 0.4) is 0 Å². The van der Waals surface area contributed by atoms with Gasteiger partial charge in [-0.2, -0.15) is 0 Å². The van der Waals surface area contributed by atoms with Crippen LogP contribution in [0.15, 0.2) is 24.3 Å². The number of carbonyl (C=O) groups excluding carboxylic acids is 1. The minimum absolute atomic E-state index is 0.110. The number of nitrogens with two attached hydrogens (primary N) is 1. The van der Waals surface area contributed by atoms with E-state index in [1.807, 2.05) is 31.3 Å². The van der Waals surface area contributed by atoms with Crippen LogP contribution in [-0.4, -0.2) is 24.4 Å². The molecule has 0 saturated carbocycles. The molecular weight excluding hydrogens is 176 g/mol. The fraction of sp³-hybridized carbons (Fsp3) is 0.364. The summed E-state index contributed by atoms with van der Waals surface area (Å²) in [5, 5.41) is 0. The summed E-state index contributed by atoms with van der Waals surface area (Å²) in [6.07, 6.45) is 0.833. The maximum absolute atomic E-state index is 11.8. The molecule has 2 N–H and O–H groups in total. The molecule has 0 radical (unpaired) electrons. The van der Waals surface area contributed by atoms with Gasteiger partial charge in [0.2, 0.25) is 0 Å². The van der Waals surface area contributed by atoms with Crippen molar-refractivity contribution in [3.05, 3.63) is 35.4 Å². The van der Waals surface area contributed by atoms with Crippen molar-refractivity contribution in [2.45, 2.75) is 12.5 Å². The van der Waals surface area contributed by atoms with Crippen molar-refractivity contribution < 1.29 is 4.79 Å². The molecule has 0 fully saturated rings. The van der Waals surface area contributed by atoms with Crippen LogP contribution < -0.4 is 5.73 Å². The highest BCUT2D eigenvalue weighted by molar-refractivity contribution is 5.98. The summed E-state index contributed by atoms with van der Waals surface area (Å²) in [6, 6.07) is 7.93. The Morgan fingerprint density at radius 3 is 2.86 bits per heavy atom. The Morgan fingerprint density at radius 1 is 1.43 bits per heavy atom. The lowest BCUT2D eigenvalue weighted by molar-refractivity contribution is 0.0770. The van der Waals surface area contributed by atoms with Gasteiger partial charge in [-0.1, -0.05) is 18.2 Å². The molecule has 0 aromatic heterocycles. The smallest absolute Gasteiger partial charge is 0.254 e. The SMILES string of the molecule is CN1C(=O)c2ccccc2C1CCN. The van der Waals surface area contributed by atoms with E-state index in [9.17, 15) is 4.79 Å². The quantitative estimate of drug-likeness (QED) is 0.760. The molecule has 3 nitrogen and oxygen atoms in total. The van der Waals surface area contributed by atoms with Crippen LogP contribution in [0.5, 0.6) is 0 Å². The van der Waals surface area contributed by atoms with Crippen LogP contribution in [0.1, 0.15) is 28.4 Å². The van der Waals surface area contributed by atoms with Crippen LogP contribution in [0.2, 0.25) is 0 Å². The van der Waals surface area contributed by atoms with Gasteiger partial charge < -0.3 is 10.6 Å². The van der Waals surface area contributed by atoms with Crippen LogP contribution in [0, 0.1) is 0 Å². The molecule has 1 atom stereocenters. The van der Waals surface area contributed by atoms with Crippen molar-refractivity contribution in [3.8, 4) is 0 Å². The number of benzene rings is 1. The van der Waals surface area contributed by atoms with E-state index in [2.05, 4.69) is 0 Å². The molecule has 74 valence electrons. The highest BCUT2D eigenvalue weighted by atomic mass is 16.2. The minimum atomic E-state index is 0.110. The molecule has 1 aromatic carbocycles. The molecule has 2 rings (SSSR count). The maximum atomic E-state index is 11.8. The van der Waals surface area contributed by atoms with Gasteiger partial charge in [0.15, 0.2) is 0 Å². The first-order chi connectivity index (χ1) is 6.75. The molecule has 3 heteroatoms. The third-order valence-electron chi connectivity index (χ3n) is 2.78. The number of hydrogen-bond donors (Lipinski definition) is 1. The largest absolute Gasteiger partial charge is 0.335 e. The maximum Gasteiger partial charge on any atom is 0.254 e. The second kappa shape index (κ2) is 3.42. The first kappa shape index (κ1) is 9.21. The molecule has 1 aliphatic rings. The molecule has 1 heterocycles. The van der Waals surface area contributed by atoms with E-state index in [1.54, 1.807) is 4.90 Å². The number of fused-ring (bicyclic) bond motifs is 1. The van der Waals surface area contributed by atoms with E-state index in [4.69, 9.17) is 5.73 Å². The molecule has 0 bridgehead atoms. The normalized spacial score (nSPS) is 20.0. The lowest BCUT2D eigenvalue weighted by Crippen LogP contribution is -2.24. The van der Waals surface area contributed by atoms with E-state index < -0.39 is 0 Å². The Kier molecular flexibility index (Phi) is 2.25. The van der Waals surface area contributed by atoms with Crippen molar-refractivity contribution in [1.82, 2.24) is 4.90 Å². The first-order valence-electron chi connectivity index (χ1n) is 4.82. The average molecular weight is 190 g/mol. The Morgan fingerprint density at radius 2 is 2.14 bits per heavy atom. The monoisotopic (exact) mass is 190 g/mol. The van der Waals surface area contributed by atoms with Gasteiger partial charge in [-0.15, -0.1) is 0 Å². The summed E-state index contributed by atoms with van der Waals surface area (Å²) in [5.41, 5.74) is 7.48. The van der Waals surface area contributed by atoms with Crippen molar-refractivity contribution in [3.63, 3.8) is 0 Å². The molecule has 1 amide bonds. The highest BCUT2D eigenvalue weighted by Gasteiger charge is 2.32. The zero-order valence-corrected chi connectivity index (χ0v) is 8.23. The molecular formula is C11H14N2O. The third kappa shape index (κ3) is 1.21. The van der Waals surface area contributed by atoms with E-state index in [0.717, 1.165) is 17.5 Å². The van der Waals surface area contributed by atoms with Crippen molar-refractivity contribution in [1.29, 1.82) is 0 Å². The molecule has 14 heavy (non-hydrogen) atoms. The lowest BCUT2D eigenvalue weighted by Gasteiger charge is -2.19. The Labute approximate surface area is 83.5 Å². The highest BCUT2D eigenvalue weighted by Crippen LogP contribution is 2.33. The number of amides is 1. The molecule has 0 saturated heterocycles. The van der Waals surface area contributed by atoms with Gasteiger partial charge in [0.1, 0.15) is 0 Å². The van der Waals surface area contributed by atoms with Gasteiger partial charge in [-0.05, 0) is 24.6 Å². The molecule has 1 aliphatic heterocycles. The van der Waals surface area contributed by atoms with Gasteiger partial charge in [0.05, 0.1) is 6.04 Å². The summed E-state index contributed by atoms with van der Waals surface area (Å²) in [4.78, 5) is 13.5. The van der Waals surface area contributed by atoms with Crippen molar-refractivity contribution >= 4 is 5.91 Å². The second-order valence-corrected chi connectivity index (χ2v) is 3.60. The third-order valence-corrected chi connectivity index (χ3v) is 2.78. The van der Waals surface area contributed by atoms with Gasteiger partial charge in [0.25, 0.3) is 5.91 Å². The topological polar surface area (TPSA) is 46.3 Å². The lowest BCUT2D eigenvalue weighted by atomic mass is 10.0. The Hall–Kier alpha value is -1.35. The van der Waals surface area contributed by atoms with Crippen molar-refractivity contribution in [2.75, 3.05) is 13.6 Å². The minimum Gasteiger partial charge on any atom is -0.335 e. The van der Waals surface area contributed by atoms with Gasteiger partial charge in [-0.25, -0.2) is 0 Å². The van der Waals surface area contributed by atoms with Crippen LogP contribution in [0.4, 0.5) is 0 Å². The fourth-order valence-corrected chi connectivity index (χ4v) is 2.03. The molecule has 0 aliphatic carbocycles. The zero-order valence-electron chi connectivity index (χ0n) is 8.23. The summed E-state index contributed by atoms with van der Waals surface area (Å²) in [5.74, 6) is 0.110. The summed E-state index contributed by atoms with van der Waals surface area (Å²) >= 11 is 0. The van der Waals surface area contributed by atoms with Crippen LogP contribution in [0.25, 0.3) is 0 Å². The zero-order chi connectivity index (χ0) is 10.1. The van der Waals surface area contributed by atoms with Gasteiger partial charge in [-0.3, -0.25) is 4.79 Å². The summed E-state index contributed by atoms with van der Waals surface area (Å²) < 4.78 is 0. The number of rotatable bonds is 2. The predicted octanol–water partition coefficient (Wildman–Crippen LogP) is 1.16. The number of hydrogen-bond acceptors (Lipinski definition) is 2. The molecule has 1 unspecified atom stereocenters. The van der Waals surface area contributed by atoms with Crippen LogP contribution >= 0.6 is 0 Å². The Bertz CT molecular complexity index is 362. The van der Waals surface area contributed by atoms with E-state index >= 15 is 0 Å². The van der Waals surface area contributed by atoms with Gasteiger partial charge >= 0.3 is 0 Å². The second-order valence-electron chi connectivity index (χ2n) is 3.60. The van der Waals surface area contributed by atoms with Crippen molar-refractivity contribution in [2.24, 2.45) is 5.73 Å². The molecule has 1 aromatic rings.